The van der Waals surface area contributed by atoms with Gasteiger partial charge in [0.25, 0.3) is 0 Å². The molecule has 0 saturated carbocycles. The molecule has 100 valence electrons. The number of nitrogens with one attached hydrogen (secondary N) is 1. The maximum absolute atomic E-state index is 5.45. The Labute approximate surface area is 124 Å². The average Bonchev–Trinajstić information content (AvgIpc) is 2.37. The highest BCUT2D eigenvalue weighted by atomic mass is 79.9. The van der Waals surface area contributed by atoms with Crippen molar-refractivity contribution in [3.05, 3.63) is 26.6 Å². The molecule has 1 N–H and O–H groups in total. The zero-order valence-corrected chi connectivity index (χ0v) is 13.5. The molecule has 1 fully saturated rings. The second kappa shape index (κ2) is 6.89. The SMILES string of the molecule is COc1c(Br)cc(CNC2CCCOC2)cc1Br. The van der Waals surface area contributed by atoms with Gasteiger partial charge in [0.15, 0.2) is 0 Å². The monoisotopic (exact) mass is 377 g/mol. The highest BCUT2D eigenvalue weighted by Gasteiger charge is 2.14. The molecule has 18 heavy (non-hydrogen) atoms. The quantitative estimate of drug-likeness (QED) is 0.869. The van der Waals surface area contributed by atoms with Crippen molar-refractivity contribution >= 4 is 31.9 Å². The van der Waals surface area contributed by atoms with Gasteiger partial charge in [-0.1, -0.05) is 0 Å². The van der Waals surface area contributed by atoms with Crippen molar-refractivity contribution in [2.75, 3.05) is 20.3 Å². The molecule has 3 nitrogen and oxygen atoms in total. The normalized spacial score (nSPS) is 19.8. The molecule has 0 aliphatic carbocycles. The van der Waals surface area contributed by atoms with Crippen molar-refractivity contribution < 1.29 is 9.47 Å². The molecule has 1 saturated heterocycles. The lowest BCUT2D eigenvalue weighted by molar-refractivity contribution is 0.0699. The van der Waals surface area contributed by atoms with Crippen molar-refractivity contribution in [3.63, 3.8) is 0 Å². The Bertz CT molecular complexity index is 383. The van der Waals surface area contributed by atoms with Gasteiger partial charge in [0.05, 0.1) is 22.7 Å². The molecule has 0 spiro atoms. The minimum absolute atomic E-state index is 0.471. The summed E-state index contributed by atoms with van der Waals surface area (Å²) >= 11 is 7.03. The van der Waals surface area contributed by atoms with E-state index in [0.29, 0.717) is 6.04 Å². The van der Waals surface area contributed by atoms with Crippen LogP contribution >= 0.6 is 31.9 Å². The van der Waals surface area contributed by atoms with Crippen LogP contribution in [0.1, 0.15) is 18.4 Å². The summed E-state index contributed by atoms with van der Waals surface area (Å²) < 4.78 is 12.7. The van der Waals surface area contributed by atoms with Crippen molar-refractivity contribution in [1.82, 2.24) is 5.32 Å². The fourth-order valence-corrected chi connectivity index (χ4v) is 3.68. The molecule has 1 aliphatic rings. The van der Waals surface area contributed by atoms with Crippen molar-refractivity contribution in [2.24, 2.45) is 0 Å². The van der Waals surface area contributed by atoms with Gasteiger partial charge in [-0.15, -0.1) is 0 Å². The van der Waals surface area contributed by atoms with E-state index in [-0.39, 0.29) is 0 Å². The van der Waals surface area contributed by atoms with Crippen LogP contribution in [0, 0.1) is 0 Å². The molecule has 1 atom stereocenters. The molecule has 1 aromatic carbocycles. The van der Waals surface area contributed by atoms with E-state index in [1.165, 1.54) is 12.0 Å². The zero-order valence-electron chi connectivity index (χ0n) is 10.3. The van der Waals surface area contributed by atoms with Gasteiger partial charge in [-0.2, -0.15) is 0 Å². The Hall–Kier alpha value is -0.100. The van der Waals surface area contributed by atoms with Gasteiger partial charge in [0.2, 0.25) is 0 Å². The number of ether oxygens (including phenoxy) is 2. The van der Waals surface area contributed by atoms with Crippen molar-refractivity contribution in [2.45, 2.75) is 25.4 Å². The molecule has 1 aromatic rings. The number of rotatable bonds is 4. The van der Waals surface area contributed by atoms with Crippen LogP contribution in [-0.2, 0) is 11.3 Å². The summed E-state index contributed by atoms with van der Waals surface area (Å²) in [4.78, 5) is 0. The Morgan fingerprint density at radius 1 is 1.39 bits per heavy atom. The van der Waals surface area contributed by atoms with E-state index in [1.807, 2.05) is 0 Å². The van der Waals surface area contributed by atoms with Crippen LogP contribution in [0.3, 0.4) is 0 Å². The first-order chi connectivity index (χ1) is 8.70. The molecule has 0 aromatic heterocycles. The maximum atomic E-state index is 5.45. The Morgan fingerprint density at radius 2 is 2.11 bits per heavy atom. The summed E-state index contributed by atoms with van der Waals surface area (Å²) in [5.41, 5.74) is 1.22. The lowest BCUT2D eigenvalue weighted by atomic mass is 10.1. The molecular formula is C13H17Br2NO2. The van der Waals surface area contributed by atoms with E-state index in [2.05, 4.69) is 49.3 Å². The Balaban J connectivity index is 1.96. The highest BCUT2D eigenvalue weighted by Crippen LogP contribution is 2.34. The van der Waals surface area contributed by atoms with Gasteiger partial charge in [-0.05, 0) is 62.4 Å². The molecule has 1 unspecified atom stereocenters. The summed E-state index contributed by atoms with van der Waals surface area (Å²) in [6, 6.07) is 4.64. The standard InChI is InChI=1S/C13H17Br2NO2/c1-17-13-11(14)5-9(6-12(13)15)7-16-10-3-2-4-18-8-10/h5-6,10,16H,2-4,7-8H2,1H3. The molecular weight excluding hydrogens is 362 g/mol. The van der Waals surface area contributed by atoms with Crippen molar-refractivity contribution in [3.8, 4) is 5.75 Å². The molecule has 0 bridgehead atoms. The van der Waals surface area contributed by atoms with E-state index in [0.717, 1.165) is 40.9 Å². The maximum Gasteiger partial charge on any atom is 0.147 e. The summed E-state index contributed by atoms with van der Waals surface area (Å²) in [6.45, 7) is 2.56. The number of halogens is 2. The number of benzene rings is 1. The Morgan fingerprint density at radius 3 is 2.67 bits per heavy atom. The summed E-state index contributed by atoms with van der Waals surface area (Å²) in [5.74, 6) is 0.833. The minimum Gasteiger partial charge on any atom is -0.494 e. The molecule has 5 heteroatoms. The van der Waals surface area contributed by atoms with E-state index in [9.17, 15) is 0 Å². The van der Waals surface area contributed by atoms with Crippen LogP contribution in [-0.4, -0.2) is 26.4 Å². The lowest BCUT2D eigenvalue weighted by Crippen LogP contribution is -2.36. The van der Waals surface area contributed by atoms with Gasteiger partial charge in [-0.25, -0.2) is 0 Å². The van der Waals surface area contributed by atoms with Crippen LogP contribution in [0.25, 0.3) is 0 Å². The third-order valence-electron chi connectivity index (χ3n) is 3.02. The molecule has 0 radical (unpaired) electrons. The highest BCUT2D eigenvalue weighted by molar-refractivity contribution is 9.11. The van der Waals surface area contributed by atoms with Crippen LogP contribution < -0.4 is 10.1 Å². The molecule has 0 amide bonds. The number of hydrogen-bond donors (Lipinski definition) is 1. The van der Waals surface area contributed by atoms with Gasteiger partial charge < -0.3 is 14.8 Å². The molecule has 2 rings (SSSR count). The Kier molecular flexibility index (Phi) is 5.48. The number of hydrogen-bond acceptors (Lipinski definition) is 3. The van der Waals surface area contributed by atoms with Crippen LogP contribution in [0.15, 0.2) is 21.1 Å². The largest absolute Gasteiger partial charge is 0.494 e. The average molecular weight is 379 g/mol. The van der Waals surface area contributed by atoms with E-state index >= 15 is 0 Å². The number of methoxy groups -OCH3 is 1. The smallest absolute Gasteiger partial charge is 0.147 e. The summed E-state index contributed by atoms with van der Waals surface area (Å²) in [6.07, 6.45) is 2.34. The van der Waals surface area contributed by atoms with Gasteiger partial charge in [0, 0.05) is 19.2 Å². The predicted molar refractivity (Wildman–Crippen MR) is 79.1 cm³/mol. The second-order valence-electron chi connectivity index (χ2n) is 4.39. The molecule has 1 aliphatic heterocycles. The second-order valence-corrected chi connectivity index (χ2v) is 6.10. The van der Waals surface area contributed by atoms with E-state index < -0.39 is 0 Å². The lowest BCUT2D eigenvalue weighted by Gasteiger charge is -2.23. The van der Waals surface area contributed by atoms with Crippen LogP contribution in [0.2, 0.25) is 0 Å². The fourth-order valence-electron chi connectivity index (χ4n) is 2.07. The zero-order chi connectivity index (χ0) is 13.0. The van der Waals surface area contributed by atoms with Gasteiger partial charge in [0.1, 0.15) is 5.75 Å². The van der Waals surface area contributed by atoms with Crippen LogP contribution in [0.4, 0.5) is 0 Å². The van der Waals surface area contributed by atoms with Gasteiger partial charge in [-0.3, -0.25) is 0 Å². The predicted octanol–water partition coefficient (Wildman–Crippen LogP) is 3.49. The first-order valence-electron chi connectivity index (χ1n) is 6.03. The first kappa shape index (κ1) is 14.3. The van der Waals surface area contributed by atoms with Crippen LogP contribution in [0.5, 0.6) is 5.75 Å². The van der Waals surface area contributed by atoms with E-state index in [4.69, 9.17) is 9.47 Å². The minimum atomic E-state index is 0.471. The van der Waals surface area contributed by atoms with Gasteiger partial charge >= 0.3 is 0 Å². The third kappa shape index (κ3) is 3.70. The summed E-state index contributed by atoms with van der Waals surface area (Å²) in [7, 11) is 1.67. The third-order valence-corrected chi connectivity index (χ3v) is 4.20. The van der Waals surface area contributed by atoms with E-state index in [1.54, 1.807) is 7.11 Å². The summed E-state index contributed by atoms with van der Waals surface area (Å²) in [5, 5.41) is 3.52. The fraction of sp³-hybridized carbons (Fsp3) is 0.538. The van der Waals surface area contributed by atoms with Crippen molar-refractivity contribution in [1.29, 1.82) is 0 Å². The first-order valence-corrected chi connectivity index (χ1v) is 7.62. The topological polar surface area (TPSA) is 30.5 Å². The molecule has 1 heterocycles.